The van der Waals surface area contributed by atoms with Gasteiger partial charge in [0.05, 0.1) is 32.8 Å². The van der Waals surface area contributed by atoms with Gasteiger partial charge in [0.15, 0.2) is 33.9 Å². The van der Waals surface area contributed by atoms with E-state index in [0.717, 1.165) is 0 Å². The molecule has 4 rings (SSSR count). The number of carbonyl (C=O) groups excluding carboxylic acids is 2. The van der Waals surface area contributed by atoms with Gasteiger partial charge in [-0.15, -0.1) is 0 Å². The van der Waals surface area contributed by atoms with Gasteiger partial charge in [-0.05, 0) is 54.1 Å². The third kappa shape index (κ3) is 6.15. The second-order valence-electron chi connectivity index (χ2n) is 7.61. The molecular weight excluding hydrogens is 560 g/mol. The number of carbonyl (C=O) groups is 2. The number of halogens is 1. The number of Topliss-reactive ketones (excluding diaryl/α,β-unsaturated/α-hetero) is 1. The maximum atomic E-state index is 13.3. The zero-order chi connectivity index (χ0) is 25.7. The second-order valence-corrected chi connectivity index (χ2v) is 8.56. The Hall–Kier alpha value is -3.76. The number of amidine groups is 1. The minimum absolute atomic E-state index is 0. The molecule has 0 unspecified atom stereocenters. The highest BCUT2D eigenvalue weighted by molar-refractivity contribution is 8.14. The highest BCUT2D eigenvalue weighted by Crippen LogP contribution is 2.32. The first-order chi connectivity index (χ1) is 17.4. The Bertz CT molecular complexity index is 1360. The molecule has 1 N–H and O–H groups in total. The van der Waals surface area contributed by atoms with E-state index in [0.29, 0.717) is 33.5 Å². The zero-order valence-corrected chi connectivity index (χ0v) is 22.7. The molecular formula is C27H24BrN2O6S-. The fourth-order valence-electron chi connectivity index (χ4n) is 3.56. The first kappa shape index (κ1) is 27.8. The number of hydrogen-bond donors (Lipinski definition) is 1. The van der Waals surface area contributed by atoms with Crippen molar-refractivity contribution in [1.82, 2.24) is 0 Å². The molecule has 0 saturated heterocycles. The Morgan fingerprint density at radius 1 is 0.946 bits per heavy atom. The lowest BCUT2D eigenvalue weighted by Gasteiger charge is -2.17. The molecule has 1 amide bonds. The van der Waals surface area contributed by atoms with E-state index in [4.69, 9.17) is 14.2 Å². The van der Waals surface area contributed by atoms with Gasteiger partial charge in [0.25, 0.3) is 5.91 Å². The summed E-state index contributed by atoms with van der Waals surface area (Å²) < 4.78 is 15.7. The molecule has 3 aromatic rings. The van der Waals surface area contributed by atoms with Crippen LogP contribution in [-0.2, 0) is 4.79 Å². The van der Waals surface area contributed by atoms with E-state index in [-0.39, 0.29) is 51.6 Å². The molecule has 0 spiro atoms. The number of phenols is 1. The summed E-state index contributed by atoms with van der Waals surface area (Å²) >= 11 is 1.17. The van der Waals surface area contributed by atoms with Crippen molar-refractivity contribution in [1.29, 1.82) is 0 Å². The van der Waals surface area contributed by atoms with E-state index in [1.54, 1.807) is 48.5 Å². The van der Waals surface area contributed by atoms with Crippen LogP contribution in [0, 0.1) is 0 Å². The molecule has 37 heavy (non-hydrogen) atoms. The molecule has 0 aromatic heterocycles. The summed E-state index contributed by atoms with van der Waals surface area (Å²) in [6.45, 7) is 0. The van der Waals surface area contributed by atoms with Crippen LogP contribution in [0.2, 0.25) is 0 Å². The van der Waals surface area contributed by atoms with Gasteiger partial charge in [0.2, 0.25) is 0 Å². The average Bonchev–Trinajstić information content (AvgIpc) is 3.22. The monoisotopic (exact) mass is 583 g/mol. The number of benzene rings is 3. The van der Waals surface area contributed by atoms with Crippen LogP contribution in [0.3, 0.4) is 0 Å². The summed E-state index contributed by atoms with van der Waals surface area (Å²) in [5, 5.41) is 10.2. The molecule has 3 aromatic carbocycles. The van der Waals surface area contributed by atoms with Gasteiger partial charge in [-0.1, -0.05) is 36.0 Å². The number of para-hydroxylation sites is 1. The molecule has 0 aliphatic carbocycles. The topological polar surface area (TPSA) is 97.7 Å². The summed E-state index contributed by atoms with van der Waals surface area (Å²) in [6, 6.07) is 18.8. The molecule has 1 aliphatic rings. The summed E-state index contributed by atoms with van der Waals surface area (Å²) in [5.41, 5.74) is 1.94. The largest absolute Gasteiger partial charge is 1.00 e. The molecule has 0 atom stereocenters. The Morgan fingerprint density at radius 3 is 2.32 bits per heavy atom. The average molecular weight is 584 g/mol. The predicted octanol–water partition coefficient (Wildman–Crippen LogP) is 1.78. The first-order valence-corrected chi connectivity index (χ1v) is 11.9. The summed E-state index contributed by atoms with van der Waals surface area (Å²) in [5.74, 6) is 0.862. The van der Waals surface area contributed by atoms with Gasteiger partial charge >= 0.3 is 0 Å². The van der Waals surface area contributed by atoms with Crippen LogP contribution >= 0.6 is 11.8 Å². The number of phenolic OH excluding ortho intramolecular Hbond substituents is 1. The molecule has 192 valence electrons. The van der Waals surface area contributed by atoms with Crippen LogP contribution in [0.25, 0.3) is 6.08 Å². The van der Waals surface area contributed by atoms with Crippen molar-refractivity contribution in [2.45, 2.75) is 0 Å². The standard InChI is InChI=1S/C27H24N2O6S.BrH/c1-33-23-12-10-18(15-25(23)35-3)22(31)16-36-27-28-20(13-17-9-11-21(30)24(14-17)34-2)26(32)29(27)19-7-5-4-6-8-19;/h4-15,30H,16H2,1-3H3;1H/p-1/b20-13+;. The fraction of sp³-hybridized carbons (Fsp3) is 0.148. The quantitative estimate of drug-likeness (QED) is 0.319. The number of ketones is 1. The van der Waals surface area contributed by atoms with Crippen molar-refractivity contribution in [3.8, 4) is 23.0 Å². The lowest BCUT2D eigenvalue weighted by molar-refractivity contribution is -0.113. The zero-order valence-electron chi connectivity index (χ0n) is 20.3. The molecule has 10 heteroatoms. The predicted molar refractivity (Wildman–Crippen MR) is 140 cm³/mol. The van der Waals surface area contributed by atoms with Gasteiger partial charge in [-0.2, -0.15) is 0 Å². The third-order valence-corrected chi connectivity index (χ3v) is 6.33. The van der Waals surface area contributed by atoms with E-state index in [9.17, 15) is 14.7 Å². The van der Waals surface area contributed by atoms with Crippen LogP contribution < -0.4 is 36.1 Å². The first-order valence-electron chi connectivity index (χ1n) is 10.9. The number of thioether (sulfide) groups is 1. The van der Waals surface area contributed by atoms with E-state index in [1.807, 2.05) is 18.2 Å². The van der Waals surface area contributed by atoms with Gasteiger partial charge in [0.1, 0.15) is 5.70 Å². The van der Waals surface area contributed by atoms with Gasteiger partial charge in [-0.25, -0.2) is 4.99 Å². The number of aliphatic imine (C=N–C) groups is 1. The Morgan fingerprint density at radius 2 is 1.65 bits per heavy atom. The van der Waals surface area contributed by atoms with E-state index < -0.39 is 0 Å². The smallest absolute Gasteiger partial charge is 0.283 e. The molecule has 0 bridgehead atoms. The SMILES string of the molecule is COc1cc(/C=C2/N=C(SCC(=O)c3ccc(OC)c(OC)c3)N(c3ccccc3)C2=O)ccc1O.[Br-]. The number of aromatic hydroxyl groups is 1. The van der Waals surface area contributed by atoms with E-state index >= 15 is 0 Å². The molecule has 1 aliphatic heterocycles. The van der Waals surface area contributed by atoms with Gasteiger partial charge in [0, 0.05) is 5.56 Å². The minimum atomic E-state index is -0.325. The third-order valence-electron chi connectivity index (χ3n) is 5.39. The van der Waals surface area contributed by atoms with Crippen LogP contribution in [0.4, 0.5) is 5.69 Å². The Kier molecular flexibility index (Phi) is 9.37. The minimum Gasteiger partial charge on any atom is -1.00 e. The second kappa shape index (κ2) is 12.5. The maximum absolute atomic E-state index is 13.3. The van der Waals surface area contributed by atoms with Crippen LogP contribution in [0.5, 0.6) is 23.0 Å². The van der Waals surface area contributed by atoms with Crippen molar-refractivity contribution in [3.05, 3.63) is 83.6 Å². The number of methoxy groups -OCH3 is 3. The number of amides is 1. The molecule has 8 nitrogen and oxygen atoms in total. The van der Waals surface area contributed by atoms with E-state index in [2.05, 4.69) is 4.99 Å². The van der Waals surface area contributed by atoms with E-state index in [1.165, 1.54) is 44.1 Å². The lowest BCUT2D eigenvalue weighted by atomic mass is 10.1. The molecule has 0 saturated carbocycles. The Labute approximate surface area is 229 Å². The summed E-state index contributed by atoms with van der Waals surface area (Å²) in [4.78, 5) is 32.3. The lowest BCUT2D eigenvalue weighted by Crippen LogP contribution is -3.00. The summed E-state index contributed by atoms with van der Waals surface area (Å²) in [7, 11) is 4.49. The van der Waals surface area contributed by atoms with Crippen LogP contribution in [0.1, 0.15) is 15.9 Å². The normalized spacial score (nSPS) is 13.7. The number of nitrogens with zero attached hydrogens (tertiary/aromatic N) is 2. The summed E-state index contributed by atoms with van der Waals surface area (Å²) in [6.07, 6.45) is 1.62. The number of hydrogen-bond acceptors (Lipinski definition) is 8. The van der Waals surface area contributed by atoms with Crippen LogP contribution in [-0.4, -0.2) is 49.0 Å². The van der Waals surface area contributed by atoms with Crippen molar-refractivity contribution < 1.29 is 45.9 Å². The highest BCUT2D eigenvalue weighted by atomic mass is 79.9. The Balaban J connectivity index is 0.00000380. The maximum Gasteiger partial charge on any atom is 0.283 e. The number of ether oxygens (including phenoxy) is 3. The van der Waals surface area contributed by atoms with Crippen molar-refractivity contribution >= 4 is 40.4 Å². The van der Waals surface area contributed by atoms with Crippen molar-refractivity contribution in [3.63, 3.8) is 0 Å². The number of rotatable bonds is 8. The fourth-order valence-corrected chi connectivity index (χ4v) is 4.47. The van der Waals surface area contributed by atoms with Gasteiger partial charge < -0.3 is 36.3 Å². The highest BCUT2D eigenvalue weighted by Gasteiger charge is 2.32. The molecule has 0 radical (unpaired) electrons. The van der Waals surface area contributed by atoms with Gasteiger partial charge in [-0.3, -0.25) is 14.5 Å². The molecule has 0 fully saturated rings. The van der Waals surface area contributed by atoms with Crippen molar-refractivity contribution in [2.24, 2.45) is 4.99 Å². The molecule has 1 heterocycles. The number of anilines is 1. The van der Waals surface area contributed by atoms with Crippen LogP contribution in [0.15, 0.2) is 77.4 Å². The van der Waals surface area contributed by atoms with Crippen molar-refractivity contribution in [2.75, 3.05) is 32.0 Å².